The Morgan fingerprint density at radius 2 is 1.52 bits per heavy atom. The summed E-state index contributed by atoms with van der Waals surface area (Å²) < 4.78 is 11.7. The maximum atomic E-state index is 6.00. The summed E-state index contributed by atoms with van der Waals surface area (Å²) in [5, 5.41) is 0. The molecule has 0 saturated carbocycles. The van der Waals surface area contributed by atoms with E-state index < -0.39 is 0 Å². The van der Waals surface area contributed by atoms with Crippen molar-refractivity contribution in [3.8, 4) is 11.5 Å². The highest BCUT2D eigenvalue weighted by Crippen LogP contribution is 2.26. The summed E-state index contributed by atoms with van der Waals surface area (Å²) in [5.74, 6) is 2.01. The summed E-state index contributed by atoms with van der Waals surface area (Å²) in [6, 6.07) is 15.2. The van der Waals surface area contributed by atoms with Crippen LogP contribution in [0.25, 0.3) is 0 Å². The van der Waals surface area contributed by atoms with Gasteiger partial charge in [-0.1, -0.05) is 13.0 Å². The van der Waals surface area contributed by atoms with Crippen molar-refractivity contribution in [2.45, 2.75) is 39.0 Å². The highest BCUT2D eigenvalue weighted by Gasteiger charge is 2.17. The first kappa shape index (κ1) is 20.1. The Morgan fingerprint density at radius 3 is 2.31 bits per heavy atom. The van der Waals surface area contributed by atoms with Crippen LogP contribution in [0.4, 0.5) is 5.69 Å². The molecule has 0 atom stereocenters. The summed E-state index contributed by atoms with van der Waals surface area (Å²) >= 11 is 0. The molecule has 4 heteroatoms. The lowest BCUT2D eigenvalue weighted by Crippen LogP contribution is -2.46. The van der Waals surface area contributed by atoms with Gasteiger partial charge >= 0.3 is 0 Å². The molecular formula is C25H34N2O2. The number of nitrogens with zero attached hydrogens (tertiary/aromatic N) is 2. The van der Waals surface area contributed by atoms with Crippen molar-refractivity contribution in [2.75, 3.05) is 50.8 Å². The van der Waals surface area contributed by atoms with Crippen LogP contribution in [0.1, 0.15) is 37.3 Å². The van der Waals surface area contributed by atoms with E-state index in [1.807, 2.05) is 0 Å². The molecule has 1 heterocycles. The second kappa shape index (κ2) is 10.0. The molecule has 0 amide bonds. The molecule has 1 saturated heterocycles. The Morgan fingerprint density at radius 1 is 0.793 bits per heavy atom. The molecule has 0 unspecified atom stereocenters. The number of rotatable bonds is 9. The summed E-state index contributed by atoms with van der Waals surface area (Å²) in [4.78, 5) is 5.03. The summed E-state index contributed by atoms with van der Waals surface area (Å²) in [7, 11) is 0. The zero-order valence-electron chi connectivity index (χ0n) is 17.7. The van der Waals surface area contributed by atoms with Crippen LogP contribution in [-0.2, 0) is 12.8 Å². The molecule has 0 radical (unpaired) electrons. The van der Waals surface area contributed by atoms with E-state index in [1.165, 1.54) is 36.1 Å². The lowest BCUT2D eigenvalue weighted by atomic mass is 10.1. The number of fused-ring (bicyclic) bond motifs is 1. The van der Waals surface area contributed by atoms with Crippen LogP contribution in [0, 0.1) is 0 Å². The first-order chi connectivity index (χ1) is 14.3. The fraction of sp³-hybridized carbons (Fsp3) is 0.520. The number of aryl methyl sites for hydroxylation is 2. The van der Waals surface area contributed by atoms with Gasteiger partial charge in [0.2, 0.25) is 0 Å². The molecule has 2 aromatic carbocycles. The van der Waals surface area contributed by atoms with Crippen LogP contribution >= 0.6 is 0 Å². The van der Waals surface area contributed by atoms with Crippen molar-refractivity contribution in [3.05, 3.63) is 53.6 Å². The third-order valence-corrected chi connectivity index (χ3v) is 6.00. The quantitative estimate of drug-likeness (QED) is 0.582. The van der Waals surface area contributed by atoms with Crippen molar-refractivity contribution < 1.29 is 9.47 Å². The molecule has 0 N–H and O–H groups in total. The number of hydrogen-bond acceptors (Lipinski definition) is 4. The largest absolute Gasteiger partial charge is 0.494 e. The zero-order valence-corrected chi connectivity index (χ0v) is 17.7. The second-order valence-corrected chi connectivity index (χ2v) is 8.16. The maximum absolute atomic E-state index is 6.00. The molecule has 29 heavy (non-hydrogen) atoms. The molecule has 1 aliphatic carbocycles. The number of benzene rings is 2. The minimum absolute atomic E-state index is 0.786. The van der Waals surface area contributed by atoms with Gasteiger partial charge in [0.15, 0.2) is 0 Å². The molecule has 1 fully saturated rings. The maximum Gasteiger partial charge on any atom is 0.119 e. The Hall–Kier alpha value is -2.20. The van der Waals surface area contributed by atoms with E-state index in [4.69, 9.17) is 9.47 Å². The van der Waals surface area contributed by atoms with E-state index >= 15 is 0 Å². The Bertz CT molecular complexity index is 767. The van der Waals surface area contributed by atoms with Crippen molar-refractivity contribution in [1.82, 2.24) is 4.90 Å². The monoisotopic (exact) mass is 394 g/mol. The molecular weight excluding hydrogens is 360 g/mol. The number of ether oxygens (including phenoxy) is 2. The van der Waals surface area contributed by atoms with E-state index in [0.717, 1.165) is 70.3 Å². The fourth-order valence-corrected chi connectivity index (χ4v) is 4.32. The van der Waals surface area contributed by atoms with Crippen LogP contribution in [0.15, 0.2) is 42.5 Å². The molecule has 4 nitrogen and oxygen atoms in total. The van der Waals surface area contributed by atoms with E-state index in [0.29, 0.717) is 0 Å². The van der Waals surface area contributed by atoms with E-state index in [-0.39, 0.29) is 0 Å². The van der Waals surface area contributed by atoms with Crippen LogP contribution in [-0.4, -0.2) is 50.8 Å². The van der Waals surface area contributed by atoms with Crippen molar-refractivity contribution in [1.29, 1.82) is 0 Å². The first-order valence-electron chi connectivity index (χ1n) is 11.3. The number of hydrogen-bond donors (Lipinski definition) is 0. The minimum Gasteiger partial charge on any atom is -0.494 e. The van der Waals surface area contributed by atoms with Crippen LogP contribution < -0.4 is 14.4 Å². The van der Waals surface area contributed by atoms with Crippen molar-refractivity contribution >= 4 is 5.69 Å². The fourth-order valence-electron chi connectivity index (χ4n) is 4.32. The predicted octanol–water partition coefficient (Wildman–Crippen LogP) is 4.56. The summed E-state index contributed by atoms with van der Waals surface area (Å²) in [6.07, 6.45) is 5.87. The molecule has 0 spiro atoms. The average Bonchev–Trinajstić information content (AvgIpc) is 3.24. The van der Waals surface area contributed by atoms with Gasteiger partial charge in [-0.25, -0.2) is 0 Å². The molecule has 0 bridgehead atoms. The molecule has 2 aliphatic rings. The van der Waals surface area contributed by atoms with Gasteiger partial charge in [-0.15, -0.1) is 0 Å². The zero-order chi connectivity index (χ0) is 19.9. The SMILES string of the molecule is CCCOc1ccc(N2CCN(CCCOc3ccc4c(c3)CCC4)CC2)cc1. The predicted molar refractivity (Wildman–Crippen MR) is 119 cm³/mol. The Labute approximate surface area is 175 Å². The van der Waals surface area contributed by atoms with Gasteiger partial charge in [0.05, 0.1) is 13.2 Å². The third-order valence-electron chi connectivity index (χ3n) is 6.00. The van der Waals surface area contributed by atoms with Crippen LogP contribution in [0.5, 0.6) is 11.5 Å². The normalized spacial score (nSPS) is 16.7. The van der Waals surface area contributed by atoms with Gasteiger partial charge in [-0.2, -0.15) is 0 Å². The van der Waals surface area contributed by atoms with E-state index in [9.17, 15) is 0 Å². The number of anilines is 1. The highest BCUT2D eigenvalue weighted by molar-refractivity contribution is 5.49. The van der Waals surface area contributed by atoms with Gasteiger partial charge in [-0.3, -0.25) is 4.90 Å². The van der Waals surface area contributed by atoms with Crippen molar-refractivity contribution in [2.24, 2.45) is 0 Å². The van der Waals surface area contributed by atoms with Crippen molar-refractivity contribution in [3.63, 3.8) is 0 Å². The average molecular weight is 395 g/mol. The van der Waals surface area contributed by atoms with Gasteiger partial charge in [-0.05, 0) is 79.6 Å². The lowest BCUT2D eigenvalue weighted by Gasteiger charge is -2.36. The van der Waals surface area contributed by atoms with E-state index in [1.54, 1.807) is 0 Å². The van der Waals surface area contributed by atoms with Gasteiger partial charge in [0.25, 0.3) is 0 Å². The smallest absolute Gasteiger partial charge is 0.119 e. The summed E-state index contributed by atoms with van der Waals surface area (Å²) in [5.41, 5.74) is 4.30. The number of piperazine rings is 1. The minimum atomic E-state index is 0.786. The molecule has 0 aromatic heterocycles. The molecule has 1 aliphatic heterocycles. The third kappa shape index (κ3) is 5.45. The Kier molecular flexibility index (Phi) is 6.94. The topological polar surface area (TPSA) is 24.9 Å². The van der Waals surface area contributed by atoms with Gasteiger partial charge in [0.1, 0.15) is 11.5 Å². The first-order valence-corrected chi connectivity index (χ1v) is 11.3. The second-order valence-electron chi connectivity index (χ2n) is 8.16. The summed E-state index contributed by atoms with van der Waals surface area (Å²) in [6.45, 7) is 9.24. The molecule has 2 aromatic rings. The van der Waals surface area contributed by atoms with E-state index in [2.05, 4.69) is 59.2 Å². The van der Waals surface area contributed by atoms with Gasteiger partial charge in [0, 0.05) is 38.4 Å². The van der Waals surface area contributed by atoms with Crippen LogP contribution in [0.3, 0.4) is 0 Å². The lowest BCUT2D eigenvalue weighted by molar-refractivity contribution is 0.224. The van der Waals surface area contributed by atoms with Gasteiger partial charge < -0.3 is 14.4 Å². The Balaban J connectivity index is 1.15. The highest BCUT2D eigenvalue weighted by atomic mass is 16.5. The molecule has 4 rings (SSSR count). The standard InChI is InChI=1S/C25H34N2O2/c1-2-18-28-24-11-8-23(9-12-24)27-16-14-26(15-17-27)13-4-19-29-25-10-7-21-5-3-6-22(21)20-25/h7-12,20H,2-6,13-19H2,1H3. The molecule has 156 valence electrons. The van der Waals surface area contributed by atoms with Crippen LogP contribution in [0.2, 0.25) is 0 Å².